The zero-order chi connectivity index (χ0) is 24.7. The molecule has 2 heterocycles. The predicted molar refractivity (Wildman–Crippen MR) is 131 cm³/mol. The Hall–Kier alpha value is -3.06. The monoisotopic (exact) mass is 468 g/mol. The number of amides is 1. The molecule has 7 nitrogen and oxygen atoms in total. The number of hydrogen-bond donors (Lipinski definition) is 1. The highest BCUT2D eigenvalue weighted by atomic mass is 16.5. The fourth-order valence-corrected chi connectivity index (χ4v) is 4.23. The van der Waals surface area contributed by atoms with E-state index in [1.165, 1.54) is 0 Å². The van der Waals surface area contributed by atoms with Gasteiger partial charge in [0.2, 0.25) is 5.78 Å². The summed E-state index contributed by atoms with van der Waals surface area (Å²) in [4.78, 5) is 30.2. The average molecular weight is 469 g/mol. The highest BCUT2D eigenvalue weighted by molar-refractivity contribution is 6.15. The SMILES string of the molecule is CCCCCOc1ccc(C2C(C(=O)c3ccc(C)o3)=C(O)C(=O)N2CCN(CC)CC)cc1. The number of ether oxygens (including phenoxy) is 1. The molecule has 1 N–H and O–H groups in total. The van der Waals surface area contributed by atoms with Gasteiger partial charge < -0.3 is 24.1 Å². The van der Waals surface area contributed by atoms with Gasteiger partial charge in [-0.15, -0.1) is 0 Å². The van der Waals surface area contributed by atoms with E-state index >= 15 is 0 Å². The Morgan fingerprint density at radius 1 is 1.09 bits per heavy atom. The van der Waals surface area contributed by atoms with Crippen LogP contribution < -0.4 is 4.74 Å². The second-order valence-corrected chi connectivity index (χ2v) is 8.55. The number of aliphatic hydroxyl groups is 1. The van der Waals surface area contributed by atoms with Gasteiger partial charge in [0.25, 0.3) is 5.91 Å². The summed E-state index contributed by atoms with van der Waals surface area (Å²) in [6, 6.07) is 9.99. The van der Waals surface area contributed by atoms with Gasteiger partial charge in [-0.3, -0.25) is 9.59 Å². The summed E-state index contributed by atoms with van der Waals surface area (Å²) in [5.41, 5.74) is 0.792. The summed E-state index contributed by atoms with van der Waals surface area (Å²) in [5, 5.41) is 10.8. The smallest absolute Gasteiger partial charge is 0.290 e. The highest BCUT2D eigenvalue weighted by Gasteiger charge is 2.44. The van der Waals surface area contributed by atoms with E-state index in [-0.39, 0.29) is 11.3 Å². The van der Waals surface area contributed by atoms with Gasteiger partial charge in [0, 0.05) is 13.1 Å². The first-order chi connectivity index (χ1) is 16.4. The summed E-state index contributed by atoms with van der Waals surface area (Å²) in [7, 11) is 0. The molecule has 0 spiro atoms. The lowest BCUT2D eigenvalue weighted by atomic mass is 9.95. The number of ketones is 1. The van der Waals surface area contributed by atoms with Crippen molar-refractivity contribution in [2.24, 2.45) is 0 Å². The van der Waals surface area contributed by atoms with E-state index in [4.69, 9.17) is 9.15 Å². The van der Waals surface area contributed by atoms with Crippen molar-refractivity contribution in [3.63, 3.8) is 0 Å². The maximum absolute atomic E-state index is 13.3. The molecule has 1 aliphatic heterocycles. The van der Waals surface area contributed by atoms with Crippen molar-refractivity contribution >= 4 is 11.7 Å². The maximum atomic E-state index is 13.3. The summed E-state index contributed by atoms with van der Waals surface area (Å²) < 4.78 is 11.3. The van der Waals surface area contributed by atoms with Gasteiger partial charge in [-0.1, -0.05) is 45.7 Å². The van der Waals surface area contributed by atoms with E-state index in [0.29, 0.717) is 25.5 Å². The second-order valence-electron chi connectivity index (χ2n) is 8.55. The molecule has 0 fully saturated rings. The quantitative estimate of drug-likeness (QED) is 0.326. The van der Waals surface area contributed by atoms with Gasteiger partial charge in [-0.05, 0) is 56.3 Å². The zero-order valence-electron chi connectivity index (χ0n) is 20.7. The van der Waals surface area contributed by atoms with Gasteiger partial charge >= 0.3 is 0 Å². The first-order valence-electron chi connectivity index (χ1n) is 12.2. The van der Waals surface area contributed by atoms with Crippen LogP contribution in [0.2, 0.25) is 0 Å². The molecule has 2 aromatic rings. The molecule has 1 atom stereocenters. The van der Waals surface area contributed by atoms with Gasteiger partial charge in [-0.25, -0.2) is 0 Å². The first kappa shape index (κ1) is 25.6. The Morgan fingerprint density at radius 3 is 2.38 bits per heavy atom. The van der Waals surface area contributed by atoms with Crippen LogP contribution in [-0.2, 0) is 4.79 Å². The molecule has 34 heavy (non-hydrogen) atoms. The number of benzene rings is 1. The molecule has 0 radical (unpaired) electrons. The Morgan fingerprint density at radius 2 is 1.79 bits per heavy atom. The van der Waals surface area contributed by atoms with E-state index < -0.39 is 23.5 Å². The Kier molecular flexibility index (Phi) is 8.93. The molecule has 1 unspecified atom stereocenters. The van der Waals surface area contributed by atoms with Crippen molar-refractivity contribution in [1.82, 2.24) is 9.80 Å². The number of aryl methyl sites for hydroxylation is 1. The molecule has 1 aromatic carbocycles. The molecule has 7 heteroatoms. The van der Waals surface area contributed by atoms with Crippen molar-refractivity contribution in [2.75, 3.05) is 32.8 Å². The number of rotatable bonds is 13. The minimum atomic E-state index is -0.699. The third-order valence-electron chi connectivity index (χ3n) is 6.28. The normalized spacial score (nSPS) is 16.1. The zero-order valence-corrected chi connectivity index (χ0v) is 20.7. The van der Waals surface area contributed by atoms with Crippen LogP contribution in [0, 0.1) is 6.92 Å². The largest absolute Gasteiger partial charge is 0.503 e. The Balaban J connectivity index is 1.90. The van der Waals surface area contributed by atoms with Crippen LogP contribution in [-0.4, -0.2) is 59.4 Å². The van der Waals surface area contributed by atoms with Gasteiger partial charge in [0.15, 0.2) is 11.5 Å². The highest BCUT2D eigenvalue weighted by Crippen LogP contribution is 2.39. The number of aliphatic hydroxyl groups excluding tert-OH is 1. The van der Waals surface area contributed by atoms with Crippen LogP contribution in [0.5, 0.6) is 5.75 Å². The molecule has 1 aromatic heterocycles. The van der Waals surface area contributed by atoms with Crippen molar-refractivity contribution in [3.8, 4) is 5.75 Å². The molecule has 184 valence electrons. The maximum Gasteiger partial charge on any atom is 0.290 e. The van der Waals surface area contributed by atoms with Gasteiger partial charge in [0.05, 0.1) is 18.2 Å². The lowest BCUT2D eigenvalue weighted by molar-refractivity contribution is -0.129. The molecular weight excluding hydrogens is 432 g/mol. The Bertz CT molecular complexity index is 1000. The molecule has 0 bridgehead atoms. The van der Waals surface area contributed by atoms with E-state index in [0.717, 1.165) is 43.7 Å². The van der Waals surface area contributed by atoms with Crippen molar-refractivity contribution in [3.05, 3.63) is 64.8 Å². The van der Waals surface area contributed by atoms with Crippen molar-refractivity contribution in [2.45, 2.75) is 53.0 Å². The number of carbonyl (C=O) groups excluding carboxylic acids is 2. The van der Waals surface area contributed by atoms with E-state index in [1.807, 2.05) is 24.3 Å². The average Bonchev–Trinajstić information content (AvgIpc) is 3.39. The lowest BCUT2D eigenvalue weighted by Gasteiger charge is -2.29. The van der Waals surface area contributed by atoms with E-state index in [9.17, 15) is 14.7 Å². The third kappa shape index (κ3) is 5.70. The molecule has 0 aliphatic carbocycles. The molecule has 3 rings (SSSR count). The lowest BCUT2D eigenvalue weighted by Crippen LogP contribution is -2.38. The van der Waals surface area contributed by atoms with Crippen molar-refractivity contribution in [1.29, 1.82) is 0 Å². The summed E-state index contributed by atoms with van der Waals surface area (Å²) in [6.07, 6.45) is 3.24. The number of unbranched alkanes of at least 4 members (excludes halogenated alkanes) is 2. The standard InChI is InChI=1S/C27H36N2O5/c1-5-8-9-18-33-21-13-11-20(12-14-21)24-23(25(30)22-15-10-19(4)34-22)26(31)27(32)29(24)17-16-28(6-2)7-3/h10-15,24,31H,5-9,16-18H2,1-4H3. The minimum absolute atomic E-state index is 0.0514. The van der Waals surface area contributed by atoms with Crippen LogP contribution >= 0.6 is 0 Å². The minimum Gasteiger partial charge on any atom is -0.503 e. The van der Waals surface area contributed by atoms with Crippen LogP contribution in [0.1, 0.15) is 68.0 Å². The van der Waals surface area contributed by atoms with Crippen LogP contribution in [0.3, 0.4) is 0 Å². The fourth-order valence-electron chi connectivity index (χ4n) is 4.23. The molecule has 1 amide bonds. The molecule has 1 aliphatic rings. The third-order valence-corrected chi connectivity index (χ3v) is 6.28. The number of furan rings is 1. The number of hydrogen-bond acceptors (Lipinski definition) is 6. The van der Waals surface area contributed by atoms with E-state index in [2.05, 4.69) is 25.7 Å². The molecule has 0 saturated heterocycles. The van der Waals surface area contributed by atoms with Crippen LogP contribution in [0.25, 0.3) is 0 Å². The number of carbonyl (C=O) groups is 2. The first-order valence-corrected chi connectivity index (χ1v) is 12.2. The van der Waals surface area contributed by atoms with Gasteiger partial charge in [0.1, 0.15) is 11.5 Å². The molecule has 0 saturated carbocycles. The number of likely N-dealkylation sites (N-methyl/N-ethyl adjacent to an activating group) is 1. The fraction of sp³-hybridized carbons (Fsp3) is 0.481. The molecular formula is C27H36N2O5. The summed E-state index contributed by atoms with van der Waals surface area (Å²) in [6.45, 7) is 11.4. The summed E-state index contributed by atoms with van der Waals surface area (Å²) in [5.74, 6) is -0.0893. The number of Topliss-reactive ketones (excluding diaryl/α,β-unsaturated/α-hetero) is 1. The van der Waals surface area contributed by atoms with Crippen LogP contribution in [0.4, 0.5) is 0 Å². The topological polar surface area (TPSA) is 83.2 Å². The van der Waals surface area contributed by atoms with Crippen LogP contribution in [0.15, 0.2) is 52.1 Å². The second kappa shape index (κ2) is 11.9. The summed E-state index contributed by atoms with van der Waals surface area (Å²) >= 11 is 0. The Labute approximate surface area is 202 Å². The number of nitrogens with zero attached hydrogens (tertiary/aromatic N) is 2. The van der Waals surface area contributed by atoms with E-state index in [1.54, 1.807) is 24.0 Å². The van der Waals surface area contributed by atoms with Gasteiger partial charge in [-0.2, -0.15) is 0 Å². The predicted octanol–water partition coefficient (Wildman–Crippen LogP) is 5.08. The van der Waals surface area contributed by atoms with Crippen molar-refractivity contribution < 1.29 is 23.8 Å².